The average Bonchev–Trinajstić information content (AvgIpc) is 3.42. The molecule has 9 heteroatoms. The molecule has 2 aromatic carbocycles. The van der Waals surface area contributed by atoms with Gasteiger partial charge in [-0.25, -0.2) is 4.98 Å². The Balaban J connectivity index is 1.43. The van der Waals surface area contributed by atoms with E-state index in [4.69, 9.17) is 4.42 Å². The second kappa shape index (κ2) is 12.2. The summed E-state index contributed by atoms with van der Waals surface area (Å²) in [5, 5.41) is 6.72. The topological polar surface area (TPSA) is 106 Å². The molecule has 0 aliphatic heterocycles. The quantitative estimate of drug-likeness (QED) is 0.232. The molecule has 0 saturated heterocycles. The van der Waals surface area contributed by atoms with Gasteiger partial charge in [-0.05, 0) is 48.7 Å². The SMILES string of the molecule is CCc1ccccc1NC(=O)CSc1nc2ccccc2c(=O)n1CCCC(=O)NCc1ccco1. The summed E-state index contributed by atoms with van der Waals surface area (Å²) in [5.41, 5.74) is 2.24. The number of fused-ring (bicyclic) bond motifs is 1. The van der Waals surface area contributed by atoms with Crippen LogP contribution in [0.5, 0.6) is 0 Å². The predicted molar refractivity (Wildman–Crippen MR) is 141 cm³/mol. The van der Waals surface area contributed by atoms with Gasteiger partial charge in [0, 0.05) is 18.7 Å². The molecule has 0 saturated carbocycles. The van der Waals surface area contributed by atoms with E-state index in [-0.39, 0.29) is 29.5 Å². The van der Waals surface area contributed by atoms with Crippen molar-refractivity contribution in [3.8, 4) is 0 Å². The molecule has 0 spiro atoms. The van der Waals surface area contributed by atoms with Crippen molar-refractivity contribution in [1.82, 2.24) is 14.9 Å². The molecular formula is C27H28N4O4S. The largest absolute Gasteiger partial charge is 0.467 e. The number of rotatable bonds is 11. The Morgan fingerprint density at radius 2 is 1.83 bits per heavy atom. The highest BCUT2D eigenvalue weighted by Gasteiger charge is 2.14. The molecule has 36 heavy (non-hydrogen) atoms. The molecule has 0 atom stereocenters. The summed E-state index contributed by atoms with van der Waals surface area (Å²) >= 11 is 1.21. The van der Waals surface area contributed by atoms with Crippen LogP contribution in [-0.4, -0.2) is 27.1 Å². The van der Waals surface area contributed by atoms with Crippen molar-refractivity contribution in [2.45, 2.75) is 44.4 Å². The van der Waals surface area contributed by atoms with Gasteiger partial charge >= 0.3 is 0 Å². The Bertz CT molecular complexity index is 1400. The molecule has 0 bridgehead atoms. The van der Waals surface area contributed by atoms with Gasteiger partial charge in [0.05, 0.1) is 29.5 Å². The highest BCUT2D eigenvalue weighted by atomic mass is 32.2. The first-order valence-electron chi connectivity index (χ1n) is 11.8. The second-order valence-electron chi connectivity index (χ2n) is 8.18. The Morgan fingerprint density at radius 3 is 2.64 bits per heavy atom. The number of amides is 2. The van der Waals surface area contributed by atoms with E-state index in [0.29, 0.717) is 41.3 Å². The number of anilines is 1. The zero-order valence-corrected chi connectivity index (χ0v) is 20.8. The number of hydrogen-bond donors (Lipinski definition) is 2. The molecule has 0 aliphatic rings. The summed E-state index contributed by atoms with van der Waals surface area (Å²) < 4.78 is 6.78. The van der Waals surface area contributed by atoms with Gasteiger partial charge in [-0.2, -0.15) is 0 Å². The van der Waals surface area contributed by atoms with E-state index < -0.39 is 0 Å². The van der Waals surface area contributed by atoms with Crippen molar-refractivity contribution in [2.24, 2.45) is 0 Å². The maximum atomic E-state index is 13.2. The number of carbonyl (C=O) groups excluding carboxylic acids is 2. The van der Waals surface area contributed by atoms with Gasteiger partial charge in [0.2, 0.25) is 11.8 Å². The number of furan rings is 1. The third kappa shape index (κ3) is 6.42. The first-order chi connectivity index (χ1) is 17.5. The molecule has 8 nitrogen and oxygen atoms in total. The summed E-state index contributed by atoms with van der Waals surface area (Å²) in [4.78, 5) is 42.8. The van der Waals surface area contributed by atoms with E-state index >= 15 is 0 Å². The maximum absolute atomic E-state index is 13.2. The number of carbonyl (C=O) groups is 2. The first-order valence-corrected chi connectivity index (χ1v) is 12.8. The number of para-hydroxylation sites is 2. The molecule has 4 aromatic rings. The van der Waals surface area contributed by atoms with Gasteiger partial charge in [-0.1, -0.05) is 49.0 Å². The standard InChI is InChI=1S/C27H28N4O4S/c1-2-19-9-3-5-12-22(19)29-25(33)18-36-27-30-23-13-6-4-11-21(23)26(34)31(27)15-7-14-24(32)28-17-20-10-8-16-35-20/h3-6,8-13,16H,2,7,14-15,17-18H2,1H3,(H,28,32)(H,29,33). The normalized spacial score (nSPS) is 10.9. The third-order valence-corrected chi connectivity index (χ3v) is 6.63. The summed E-state index contributed by atoms with van der Waals surface area (Å²) in [6.45, 7) is 2.67. The molecule has 0 unspecified atom stereocenters. The molecular weight excluding hydrogens is 476 g/mol. The van der Waals surface area contributed by atoms with Crippen LogP contribution in [0.25, 0.3) is 10.9 Å². The maximum Gasteiger partial charge on any atom is 0.262 e. The van der Waals surface area contributed by atoms with Crippen molar-refractivity contribution in [1.29, 1.82) is 0 Å². The highest BCUT2D eigenvalue weighted by molar-refractivity contribution is 7.99. The van der Waals surface area contributed by atoms with Crippen molar-refractivity contribution >= 4 is 40.2 Å². The Kier molecular flexibility index (Phi) is 8.57. The number of nitrogens with zero attached hydrogens (tertiary/aromatic N) is 2. The van der Waals surface area contributed by atoms with Gasteiger partial charge in [0.1, 0.15) is 5.76 Å². The molecule has 0 aliphatic carbocycles. The molecule has 0 fully saturated rings. The lowest BCUT2D eigenvalue weighted by Crippen LogP contribution is -2.26. The van der Waals surface area contributed by atoms with Crippen LogP contribution in [0.2, 0.25) is 0 Å². The van der Waals surface area contributed by atoms with Crippen LogP contribution in [0, 0.1) is 0 Å². The number of benzene rings is 2. The van der Waals surface area contributed by atoms with Gasteiger partial charge in [0.25, 0.3) is 5.56 Å². The fraction of sp³-hybridized carbons (Fsp3) is 0.259. The number of hydrogen-bond acceptors (Lipinski definition) is 6. The fourth-order valence-electron chi connectivity index (χ4n) is 3.81. The summed E-state index contributed by atoms with van der Waals surface area (Å²) in [7, 11) is 0. The van der Waals surface area contributed by atoms with Crippen molar-refractivity contribution < 1.29 is 14.0 Å². The summed E-state index contributed by atoms with van der Waals surface area (Å²) in [6.07, 6.45) is 3.07. The van der Waals surface area contributed by atoms with Crippen LogP contribution >= 0.6 is 11.8 Å². The van der Waals surface area contributed by atoms with Gasteiger partial charge in [0.15, 0.2) is 5.16 Å². The zero-order chi connectivity index (χ0) is 25.3. The van der Waals surface area contributed by atoms with Crippen LogP contribution in [0.3, 0.4) is 0 Å². The lowest BCUT2D eigenvalue weighted by Gasteiger charge is -2.14. The predicted octanol–water partition coefficient (Wildman–Crippen LogP) is 4.38. The molecule has 4 rings (SSSR count). The average molecular weight is 505 g/mol. The molecule has 2 aromatic heterocycles. The van der Waals surface area contributed by atoms with Crippen LogP contribution in [-0.2, 0) is 29.1 Å². The van der Waals surface area contributed by atoms with E-state index in [1.807, 2.05) is 37.3 Å². The minimum Gasteiger partial charge on any atom is -0.467 e. The first kappa shape index (κ1) is 25.2. The lowest BCUT2D eigenvalue weighted by molar-refractivity contribution is -0.121. The Hall–Kier alpha value is -3.85. The van der Waals surface area contributed by atoms with Crippen LogP contribution < -0.4 is 16.2 Å². The number of nitrogens with one attached hydrogen (secondary N) is 2. The van der Waals surface area contributed by atoms with Crippen molar-refractivity contribution in [2.75, 3.05) is 11.1 Å². The molecule has 0 radical (unpaired) electrons. The van der Waals surface area contributed by atoms with Gasteiger partial charge < -0.3 is 15.1 Å². The third-order valence-electron chi connectivity index (χ3n) is 5.66. The fourth-order valence-corrected chi connectivity index (χ4v) is 4.63. The molecule has 2 N–H and O–H groups in total. The zero-order valence-electron chi connectivity index (χ0n) is 20.0. The van der Waals surface area contributed by atoms with E-state index in [0.717, 1.165) is 17.7 Å². The minimum absolute atomic E-state index is 0.104. The molecule has 2 heterocycles. The van der Waals surface area contributed by atoms with E-state index in [9.17, 15) is 14.4 Å². The Labute approximate surface area is 213 Å². The molecule has 2 amide bonds. The van der Waals surface area contributed by atoms with Gasteiger partial charge in [-0.15, -0.1) is 0 Å². The monoisotopic (exact) mass is 504 g/mol. The van der Waals surface area contributed by atoms with Crippen LogP contribution in [0.15, 0.2) is 81.3 Å². The second-order valence-corrected chi connectivity index (χ2v) is 9.12. The van der Waals surface area contributed by atoms with Crippen molar-refractivity contribution in [3.63, 3.8) is 0 Å². The highest BCUT2D eigenvalue weighted by Crippen LogP contribution is 2.20. The van der Waals surface area contributed by atoms with Crippen LogP contribution in [0.4, 0.5) is 5.69 Å². The number of thioether (sulfide) groups is 1. The van der Waals surface area contributed by atoms with E-state index in [2.05, 4.69) is 15.6 Å². The van der Waals surface area contributed by atoms with E-state index in [1.54, 1.807) is 41.2 Å². The van der Waals surface area contributed by atoms with E-state index in [1.165, 1.54) is 11.8 Å². The summed E-state index contributed by atoms with van der Waals surface area (Å²) in [6, 6.07) is 18.4. The lowest BCUT2D eigenvalue weighted by atomic mass is 10.1. The number of aromatic nitrogens is 2. The summed E-state index contributed by atoms with van der Waals surface area (Å²) in [5.74, 6) is 0.479. The van der Waals surface area contributed by atoms with Crippen molar-refractivity contribution in [3.05, 3.63) is 88.6 Å². The van der Waals surface area contributed by atoms with Crippen LogP contribution in [0.1, 0.15) is 31.1 Å². The number of aryl methyl sites for hydroxylation is 1. The van der Waals surface area contributed by atoms with Gasteiger partial charge in [-0.3, -0.25) is 19.0 Å². The molecule has 186 valence electrons. The smallest absolute Gasteiger partial charge is 0.262 e. The Morgan fingerprint density at radius 1 is 1.03 bits per heavy atom. The minimum atomic E-state index is -0.184.